The summed E-state index contributed by atoms with van der Waals surface area (Å²) in [5, 5.41) is 9.09. The van der Waals surface area contributed by atoms with Crippen LogP contribution in [0.4, 0.5) is 17.1 Å². The minimum atomic E-state index is 0.130. The molecule has 1 aliphatic heterocycles. The van der Waals surface area contributed by atoms with E-state index in [2.05, 4.69) is 58.3 Å². The summed E-state index contributed by atoms with van der Waals surface area (Å²) < 4.78 is 5.67. The number of benzene rings is 3. The molecule has 0 amide bonds. The molecule has 1 aliphatic rings. The van der Waals surface area contributed by atoms with Crippen molar-refractivity contribution >= 4 is 23.1 Å². The van der Waals surface area contributed by atoms with Crippen LogP contribution in [-0.4, -0.2) is 6.61 Å². The topological polar surface area (TPSA) is 40.6 Å². The highest BCUT2D eigenvalue weighted by Gasteiger charge is 2.12. The number of para-hydroxylation sites is 2. The second kappa shape index (κ2) is 9.98. The van der Waals surface area contributed by atoms with Crippen LogP contribution in [0.2, 0.25) is 0 Å². The molecule has 0 aromatic heterocycles. The molecular formula is C28H21N3O. The number of allylic oxidation sites excluding steroid dienone is 3. The molecule has 0 unspecified atom stereocenters. The van der Waals surface area contributed by atoms with Crippen molar-refractivity contribution in [3.05, 3.63) is 131 Å². The number of nitrogens with zero attached hydrogens (tertiary/aromatic N) is 3. The fraction of sp³-hybridized carbons (Fsp3) is 0.0714. The lowest BCUT2D eigenvalue weighted by atomic mass is 10.1. The molecule has 4 heteroatoms. The van der Waals surface area contributed by atoms with Crippen molar-refractivity contribution in [2.75, 3.05) is 11.5 Å². The molecule has 0 radical (unpaired) electrons. The Morgan fingerprint density at radius 3 is 2.03 bits per heavy atom. The Bertz CT molecular complexity index is 1190. The molecule has 0 bridgehead atoms. The Morgan fingerprint density at radius 2 is 1.47 bits per heavy atom. The molecular weight excluding hydrogens is 394 g/mol. The zero-order valence-electron chi connectivity index (χ0n) is 17.5. The summed E-state index contributed by atoms with van der Waals surface area (Å²) in [6.45, 7) is 7.60. The highest BCUT2D eigenvalue weighted by atomic mass is 16.5. The second-order valence-corrected chi connectivity index (χ2v) is 7.17. The van der Waals surface area contributed by atoms with Crippen LogP contribution < -0.4 is 4.90 Å². The molecule has 0 saturated heterocycles. The maximum atomic E-state index is 9.09. The van der Waals surface area contributed by atoms with Crippen molar-refractivity contribution in [2.24, 2.45) is 0 Å². The zero-order valence-corrected chi connectivity index (χ0v) is 17.5. The summed E-state index contributed by atoms with van der Waals surface area (Å²) in [4.78, 5) is 5.51. The molecule has 32 heavy (non-hydrogen) atoms. The highest BCUT2D eigenvalue weighted by Crippen LogP contribution is 2.34. The lowest BCUT2D eigenvalue weighted by Crippen LogP contribution is -2.09. The van der Waals surface area contributed by atoms with Crippen LogP contribution in [0, 0.1) is 17.9 Å². The quantitative estimate of drug-likeness (QED) is 0.328. The monoisotopic (exact) mass is 415 g/mol. The van der Waals surface area contributed by atoms with Gasteiger partial charge in [0.05, 0.1) is 19.2 Å². The number of hydrogen-bond acceptors (Lipinski definition) is 3. The molecule has 4 nitrogen and oxygen atoms in total. The minimum Gasteiger partial charge on any atom is -0.493 e. The first kappa shape index (κ1) is 20.7. The molecule has 154 valence electrons. The molecule has 4 rings (SSSR count). The largest absolute Gasteiger partial charge is 0.493 e. The van der Waals surface area contributed by atoms with Crippen LogP contribution >= 0.6 is 0 Å². The predicted molar refractivity (Wildman–Crippen MR) is 128 cm³/mol. The van der Waals surface area contributed by atoms with E-state index in [1.165, 1.54) is 0 Å². The first-order chi connectivity index (χ1) is 15.8. The molecule has 3 aromatic carbocycles. The predicted octanol–water partition coefficient (Wildman–Crippen LogP) is 7.17. The van der Waals surface area contributed by atoms with Crippen molar-refractivity contribution in [3.63, 3.8) is 0 Å². The van der Waals surface area contributed by atoms with Gasteiger partial charge < -0.3 is 9.64 Å². The summed E-state index contributed by atoms with van der Waals surface area (Å²) in [5.41, 5.74) is 5.13. The molecule has 0 aliphatic carbocycles. The Hall–Kier alpha value is -4.54. The van der Waals surface area contributed by atoms with Gasteiger partial charge in [-0.3, -0.25) is 0 Å². The van der Waals surface area contributed by atoms with E-state index < -0.39 is 0 Å². The van der Waals surface area contributed by atoms with Gasteiger partial charge in [-0.15, -0.1) is 0 Å². The van der Waals surface area contributed by atoms with Gasteiger partial charge in [0.2, 0.25) is 0 Å². The zero-order chi connectivity index (χ0) is 22.2. The maximum absolute atomic E-state index is 9.09. The van der Waals surface area contributed by atoms with Gasteiger partial charge in [-0.25, -0.2) is 10.1 Å². The van der Waals surface area contributed by atoms with Crippen molar-refractivity contribution in [3.8, 4) is 6.07 Å². The van der Waals surface area contributed by atoms with Crippen molar-refractivity contribution < 1.29 is 4.74 Å². The Labute approximate surface area is 188 Å². The van der Waals surface area contributed by atoms with E-state index in [0.717, 1.165) is 28.2 Å². The van der Waals surface area contributed by atoms with E-state index in [4.69, 9.17) is 16.6 Å². The molecule has 0 atom stereocenters. The first-order valence-electron chi connectivity index (χ1n) is 10.3. The third-order valence-corrected chi connectivity index (χ3v) is 5.10. The number of hydrogen-bond donors (Lipinski definition) is 0. The average Bonchev–Trinajstić information content (AvgIpc) is 2.86. The molecule has 3 aromatic rings. The van der Waals surface area contributed by atoms with E-state index in [9.17, 15) is 0 Å². The molecule has 0 N–H and O–H groups in total. The Kier molecular flexibility index (Phi) is 6.46. The summed E-state index contributed by atoms with van der Waals surface area (Å²) in [6.07, 6.45) is 6.20. The van der Waals surface area contributed by atoms with Gasteiger partial charge >= 0.3 is 0 Å². The van der Waals surface area contributed by atoms with Gasteiger partial charge in [0.25, 0.3) is 5.70 Å². The number of ether oxygens (including phenoxy) is 1. The fourth-order valence-corrected chi connectivity index (χ4v) is 3.53. The van der Waals surface area contributed by atoms with Crippen LogP contribution in [-0.2, 0) is 4.74 Å². The van der Waals surface area contributed by atoms with E-state index in [0.29, 0.717) is 18.8 Å². The number of anilines is 3. The fourth-order valence-electron chi connectivity index (χ4n) is 3.53. The van der Waals surface area contributed by atoms with Crippen LogP contribution in [0.3, 0.4) is 0 Å². The lowest BCUT2D eigenvalue weighted by molar-refractivity contribution is 0.219. The normalized spacial score (nSPS) is 14.6. The van der Waals surface area contributed by atoms with Gasteiger partial charge in [-0.05, 0) is 66.1 Å². The number of nitriles is 1. The van der Waals surface area contributed by atoms with E-state index >= 15 is 0 Å². The minimum absolute atomic E-state index is 0.130. The molecule has 0 fully saturated rings. The molecule has 1 heterocycles. The lowest BCUT2D eigenvalue weighted by Gasteiger charge is -2.25. The van der Waals surface area contributed by atoms with E-state index in [1.54, 1.807) is 6.08 Å². The summed E-state index contributed by atoms with van der Waals surface area (Å²) in [7, 11) is 0. The highest BCUT2D eigenvalue weighted by molar-refractivity contribution is 5.76. The third kappa shape index (κ3) is 4.78. The standard InChI is InChI=1S/C28H21N3O/c1-30-28(21-29)23-18-19-32-27(20-23)17-14-22-12-15-26(16-13-22)31(24-8-4-2-5-9-24)25-10-6-3-7-11-25/h2-17,20H,18-19H2/b17-14+,28-23-. The molecule has 0 saturated carbocycles. The number of rotatable bonds is 5. The van der Waals surface area contributed by atoms with Crippen LogP contribution in [0.1, 0.15) is 12.0 Å². The van der Waals surface area contributed by atoms with Gasteiger partial charge in [-0.1, -0.05) is 54.6 Å². The average molecular weight is 415 g/mol. The first-order valence-corrected chi connectivity index (χ1v) is 10.3. The Morgan fingerprint density at radius 1 is 0.875 bits per heavy atom. The van der Waals surface area contributed by atoms with Crippen LogP contribution in [0.5, 0.6) is 0 Å². The van der Waals surface area contributed by atoms with Crippen molar-refractivity contribution in [2.45, 2.75) is 6.42 Å². The smallest absolute Gasteiger partial charge is 0.265 e. The van der Waals surface area contributed by atoms with E-state index in [-0.39, 0.29) is 5.70 Å². The maximum Gasteiger partial charge on any atom is 0.265 e. The SMILES string of the molecule is [C-]#[N+]/C(C#N)=C1C=C(/C=C/c2ccc(N(c3ccccc3)c3ccccc3)cc2)OCC\1. The van der Waals surface area contributed by atoms with Gasteiger partial charge in [0.15, 0.2) is 0 Å². The van der Waals surface area contributed by atoms with Gasteiger partial charge in [-0.2, -0.15) is 0 Å². The van der Waals surface area contributed by atoms with Crippen molar-refractivity contribution in [1.82, 2.24) is 0 Å². The van der Waals surface area contributed by atoms with Crippen molar-refractivity contribution in [1.29, 1.82) is 5.26 Å². The van der Waals surface area contributed by atoms with Gasteiger partial charge in [0.1, 0.15) is 5.76 Å². The summed E-state index contributed by atoms with van der Waals surface area (Å²) >= 11 is 0. The summed E-state index contributed by atoms with van der Waals surface area (Å²) in [5.74, 6) is 0.655. The van der Waals surface area contributed by atoms with Gasteiger partial charge in [0, 0.05) is 17.1 Å². The van der Waals surface area contributed by atoms with E-state index in [1.807, 2.05) is 54.6 Å². The Balaban J connectivity index is 1.59. The summed E-state index contributed by atoms with van der Waals surface area (Å²) in [6, 6.07) is 30.8. The second-order valence-electron chi connectivity index (χ2n) is 7.17. The third-order valence-electron chi connectivity index (χ3n) is 5.10. The van der Waals surface area contributed by atoms with Crippen LogP contribution in [0.25, 0.3) is 10.9 Å². The molecule has 0 spiro atoms. The van der Waals surface area contributed by atoms with Crippen LogP contribution in [0.15, 0.2) is 114 Å².